The number of likely N-dealkylation sites (N-methyl/N-ethyl adjacent to an activating group) is 1. The van der Waals surface area contributed by atoms with E-state index in [0.717, 1.165) is 19.6 Å². The van der Waals surface area contributed by atoms with Crippen LogP contribution in [0.5, 0.6) is 0 Å². The Morgan fingerprint density at radius 3 is 3.11 bits per heavy atom. The average molecular weight is 253 g/mol. The van der Waals surface area contributed by atoms with Crippen LogP contribution in [-0.4, -0.2) is 52.3 Å². The highest BCUT2D eigenvalue weighted by Gasteiger charge is 2.18. The highest BCUT2D eigenvalue weighted by molar-refractivity contribution is 5.13. The van der Waals surface area contributed by atoms with Gasteiger partial charge >= 0.3 is 5.82 Å². The molecule has 7 heteroatoms. The Bertz CT molecular complexity index is 406. The minimum atomic E-state index is -0.464. The number of hydrogen-bond acceptors (Lipinski definition) is 5. The molecule has 0 radical (unpaired) electrons. The van der Waals surface area contributed by atoms with Gasteiger partial charge in [-0.1, -0.05) is 0 Å². The van der Waals surface area contributed by atoms with Gasteiger partial charge in [-0.3, -0.25) is 4.90 Å². The van der Waals surface area contributed by atoms with Crippen molar-refractivity contribution in [1.29, 1.82) is 0 Å². The monoisotopic (exact) mass is 253 g/mol. The molecule has 1 aliphatic rings. The van der Waals surface area contributed by atoms with E-state index >= 15 is 0 Å². The quantitative estimate of drug-likeness (QED) is 0.610. The molecule has 1 saturated heterocycles. The van der Waals surface area contributed by atoms with Gasteiger partial charge in [0.2, 0.25) is 0 Å². The molecule has 0 bridgehead atoms. The molecule has 0 aromatic carbocycles. The second-order valence-electron chi connectivity index (χ2n) is 4.62. The van der Waals surface area contributed by atoms with Crippen molar-refractivity contribution in [2.45, 2.75) is 25.4 Å². The predicted molar refractivity (Wildman–Crippen MR) is 67.4 cm³/mol. The number of rotatable bonds is 5. The van der Waals surface area contributed by atoms with Gasteiger partial charge < -0.3 is 15.4 Å². The first-order valence-corrected chi connectivity index (χ1v) is 6.26. The maximum atomic E-state index is 10.5. The van der Waals surface area contributed by atoms with Gasteiger partial charge in [-0.25, -0.2) is 0 Å². The summed E-state index contributed by atoms with van der Waals surface area (Å²) in [5, 5.41) is 17.7. The summed E-state index contributed by atoms with van der Waals surface area (Å²) in [6.07, 6.45) is 4.09. The van der Waals surface area contributed by atoms with Gasteiger partial charge in [-0.15, -0.1) is 0 Å². The van der Waals surface area contributed by atoms with E-state index in [1.165, 1.54) is 18.9 Å². The second-order valence-corrected chi connectivity index (χ2v) is 4.62. The normalized spacial score (nSPS) is 21.1. The van der Waals surface area contributed by atoms with Crippen molar-refractivity contribution in [3.05, 3.63) is 22.4 Å². The fraction of sp³-hybridized carbons (Fsp3) is 0.727. The van der Waals surface area contributed by atoms with E-state index in [9.17, 15) is 10.1 Å². The first-order valence-electron chi connectivity index (χ1n) is 6.26. The molecule has 0 amide bonds. The van der Waals surface area contributed by atoms with Crippen LogP contribution in [0.1, 0.15) is 12.8 Å². The summed E-state index contributed by atoms with van der Waals surface area (Å²) in [6.45, 7) is 3.72. The van der Waals surface area contributed by atoms with Gasteiger partial charge in [-0.2, -0.15) is 4.68 Å². The molecule has 0 spiro atoms. The zero-order valence-corrected chi connectivity index (χ0v) is 10.6. The Morgan fingerprint density at radius 2 is 2.44 bits per heavy atom. The molecule has 2 heterocycles. The molecule has 1 fully saturated rings. The Hall–Kier alpha value is -1.47. The standard InChI is InChI=1S/C11H19N5O2/c1-12-10-3-2-5-14(9-10)7-8-15-6-4-11(13-15)16(17)18/h4,6,10,12H,2-3,5,7-9H2,1H3. The van der Waals surface area contributed by atoms with Crippen LogP contribution in [0.4, 0.5) is 5.82 Å². The molecule has 0 saturated carbocycles. The predicted octanol–water partition coefficient (Wildman–Crippen LogP) is 0.475. The van der Waals surface area contributed by atoms with Crippen LogP contribution in [0.2, 0.25) is 0 Å². The molecule has 1 aliphatic heterocycles. The fourth-order valence-electron chi connectivity index (χ4n) is 2.31. The maximum absolute atomic E-state index is 10.5. The largest absolute Gasteiger partial charge is 0.389 e. The molecular formula is C11H19N5O2. The average Bonchev–Trinajstić information content (AvgIpc) is 2.85. The van der Waals surface area contributed by atoms with E-state index < -0.39 is 4.92 Å². The zero-order chi connectivity index (χ0) is 13.0. The third-order valence-corrected chi connectivity index (χ3v) is 3.37. The zero-order valence-electron chi connectivity index (χ0n) is 10.6. The van der Waals surface area contributed by atoms with Crippen molar-refractivity contribution in [3.63, 3.8) is 0 Å². The van der Waals surface area contributed by atoms with Crippen LogP contribution in [0.3, 0.4) is 0 Å². The lowest BCUT2D eigenvalue weighted by atomic mass is 10.1. The lowest BCUT2D eigenvalue weighted by Crippen LogP contribution is -2.45. The van der Waals surface area contributed by atoms with Gasteiger partial charge in [0.25, 0.3) is 0 Å². The summed E-state index contributed by atoms with van der Waals surface area (Å²) >= 11 is 0. The van der Waals surface area contributed by atoms with Gasteiger partial charge in [0.15, 0.2) is 0 Å². The van der Waals surface area contributed by atoms with Crippen molar-refractivity contribution in [3.8, 4) is 0 Å². The van der Waals surface area contributed by atoms with Crippen molar-refractivity contribution in [1.82, 2.24) is 20.0 Å². The Morgan fingerprint density at radius 1 is 1.61 bits per heavy atom. The van der Waals surface area contributed by atoms with E-state index in [1.54, 1.807) is 10.9 Å². The summed E-state index contributed by atoms with van der Waals surface area (Å²) in [7, 11) is 1.99. The third kappa shape index (κ3) is 3.27. The van der Waals surface area contributed by atoms with E-state index in [0.29, 0.717) is 12.6 Å². The summed E-state index contributed by atoms with van der Waals surface area (Å²) in [5.41, 5.74) is 0. The molecule has 1 unspecified atom stereocenters. The Kier molecular flexibility index (Phi) is 4.27. The highest BCUT2D eigenvalue weighted by atomic mass is 16.6. The fourth-order valence-corrected chi connectivity index (χ4v) is 2.31. The van der Waals surface area contributed by atoms with Crippen molar-refractivity contribution >= 4 is 5.82 Å². The van der Waals surface area contributed by atoms with E-state index in [2.05, 4.69) is 15.3 Å². The van der Waals surface area contributed by atoms with Crippen LogP contribution >= 0.6 is 0 Å². The molecule has 0 aliphatic carbocycles. The molecule has 1 aromatic rings. The number of nitrogens with zero attached hydrogens (tertiary/aromatic N) is 4. The Labute approximate surface area is 106 Å². The number of piperidine rings is 1. The van der Waals surface area contributed by atoms with Gasteiger partial charge in [-0.05, 0) is 31.4 Å². The number of hydrogen-bond donors (Lipinski definition) is 1. The molecular weight excluding hydrogens is 234 g/mol. The smallest absolute Gasteiger partial charge is 0.358 e. The highest BCUT2D eigenvalue weighted by Crippen LogP contribution is 2.10. The summed E-state index contributed by atoms with van der Waals surface area (Å²) in [6, 6.07) is 2.00. The van der Waals surface area contributed by atoms with Crippen LogP contribution in [0.15, 0.2) is 12.3 Å². The summed E-state index contributed by atoms with van der Waals surface area (Å²) < 4.78 is 1.64. The molecule has 2 rings (SSSR count). The lowest BCUT2D eigenvalue weighted by Gasteiger charge is -2.32. The SMILES string of the molecule is CNC1CCCN(CCn2ccc([N+](=O)[O-])n2)C1. The first kappa shape index (κ1) is 13.0. The topological polar surface area (TPSA) is 76.2 Å². The maximum Gasteiger partial charge on any atom is 0.389 e. The lowest BCUT2D eigenvalue weighted by molar-refractivity contribution is -0.389. The van der Waals surface area contributed by atoms with Crippen molar-refractivity contribution in [2.24, 2.45) is 0 Å². The number of likely N-dealkylation sites (tertiary alicyclic amines) is 1. The second kappa shape index (κ2) is 5.92. The summed E-state index contributed by atoms with van der Waals surface area (Å²) in [4.78, 5) is 12.4. The number of nitrogens with one attached hydrogen (secondary N) is 1. The van der Waals surface area contributed by atoms with Crippen LogP contribution < -0.4 is 5.32 Å². The van der Waals surface area contributed by atoms with Gasteiger partial charge in [0.05, 0.1) is 23.9 Å². The van der Waals surface area contributed by atoms with E-state index in [-0.39, 0.29) is 5.82 Å². The van der Waals surface area contributed by atoms with E-state index in [1.807, 2.05) is 7.05 Å². The first-order chi connectivity index (χ1) is 8.69. The molecule has 18 heavy (non-hydrogen) atoms. The number of aromatic nitrogens is 2. The van der Waals surface area contributed by atoms with Gasteiger partial charge in [0.1, 0.15) is 0 Å². The summed E-state index contributed by atoms with van der Waals surface area (Å²) in [5.74, 6) is -0.0817. The molecule has 100 valence electrons. The minimum Gasteiger partial charge on any atom is -0.358 e. The van der Waals surface area contributed by atoms with Gasteiger partial charge in [0, 0.05) is 19.1 Å². The molecule has 1 N–H and O–H groups in total. The molecule has 7 nitrogen and oxygen atoms in total. The molecule has 1 atom stereocenters. The van der Waals surface area contributed by atoms with E-state index in [4.69, 9.17) is 0 Å². The van der Waals surface area contributed by atoms with Crippen molar-refractivity contribution < 1.29 is 4.92 Å². The van der Waals surface area contributed by atoms with Crippen LogP contribution in [0.25, 0.3) is 0 Å². The third-order valence-electron chi connectivity index (χ3n) is 3.37. The van der Waals surface area contributed by atoms with Crippen molar-refractivity contribution in [2.75, 3.05) is 26.7 Å². The van der Waals surface area contributed by atoms with Crippen LogP contribution in [0, 0.1) is 10.1 Å². The Balaban J connectivity index is 1.81. The van der Waals surface area contributed by atoms with Crippen LogP contribution in [-0.2, 0) is 6.54 Å². The minimum absolute atomic E-state index is 0.0817. The molecule has 1 aromatic heterocycles. The number of nitro groups is 1.